The molecule has 0 aliphatic rings. The molecule has 7 heteroatoms. The number of nitrogen functional groups attached to an aromatic ring is 1. The van der Waals surface area contributed by atoms with Crippen LogP contribution in [0.15, 0.2) is 6.20 Å². The van der Waals surface area contributed by atoms with E-state index < -0.39 is 0 Å². The van der Waals surface area contributed by atoms with E-state index in [0.29, 0.717) is 11.7 Å². The molecule has 0 saturated carbocycles. The fourth-order valence-electron chi connectivity index (χ4n) is 2.35. The molecule has 0 amide bonds. The Labute approximate surface area is 112 Å². The molecular formula is C12H21N7. The Kier molecular flexibility index (Phi) is 3.84. The lowest BCUT2D eigenvalue weighted by Crippen LogP contribution is -2.40. The first-order valence-corrected chi connectivity index (χ1v) is 6.40. The van der Waals surface area contributed by atoms with E-state index in [1.807, 2.05) is 0 Å². The summed E-state index contributed by atoms with van der Waals surface area (Å²) >= 11 is 0. The van der Waals surface area contributed by atoms with Gasteiger partial charge in [0, 0.05) is 19.1 Å². The van der Waals surface area contributed by atoms with E-state index in [1.165, 1.54) is 0 Å². The minimum atomic E-state index is 0.266. The molecular weight excluding hydrogens is 242 g/mol. The predicted molar refractivity (Wildman–Crippen MR) is 77.1 cm³/mol. The molecule has 0 spiro atoms. The van der Waals surface area contributed by atoms with E-state index in [4.69, 9.17) is 5.73 Å². The number of aromatic nitrogens is 4. The van der Waals surface area contributed by atoms with Gasteiger partial charge in [0.1, 0.15) is 5.82 Å². The van der Waals surface area contributed by atoms with Crippen LogP contribution in [0.5, 0.6) is 0 Å². The number of hydrogen-bond donors (Lipinski definition) is 2. The number of nitrogens with one attached hydrogen (secondary N) is 1. The summed E-state index contributed by atoms with van der Waals surface area (Å²) in [7, 11) is 4.12. The standard InChI is InChI=1S/C12H21N7/c1-5-19(8(2)7-18(3)4)11-9-6-14-17-10(9)15-12(13)16-11/h6,8H,5,7H2,1-4H3,(H3,13,14,15,16,17). The first kappa shape index (κ1) is 13.5. The Morgan fingerprint density at radius 3 is 2.74 bits per heavy atom. The molecule has 0 saturated heterocycles. The highest BCUT2D eigenvalue weighted by Gasteiger charge is 2.19. The average Bonchev–Trinajstić information content (AvgIpc) is 2.76. The van der Waals surface area contributed by atoms with Gasteiger partial charge in [-0.3, -0.25) is 5.10 Å². The normalized spacial score (nSPS) is 13.1. The summed E-state index contributed by atoms with van der Waals surface area (Å²) in [4.78, 5) is 12.9. The van der Waals surface area contributed by atoms with Gasteiger partial charge in [-0.05, 0) is 27.9 Å². The second kappa shape index (κ2) is 5.40. The lowest BCUT2D eigenvalue weighted by Gasteiger charge is -2.31. The lowest BCUT2D eigenvalue weighted by atomic mass is 10.2. The van der Waals surface area contributed by atoms with Crippen LogP contribution in [0, 0.1) is 0 Å². The molecule has 3 N–H and O–H groups in total. The molecule has 2 aromatic heterocycles. The molecule has 0 radical (unpaired) electrons. The van der Waals surface area contributed by atoms with E-state index in [2.05, 4.69) is 57.9 Å². The zero-order valence-electron chi connectivity index (χ0n) is 11.9. The minimum Gasteiger partial charge on any atom is -0.368 e. The van der Waals surface area contributed by atoms with Crippen LogP contribution in [-0.4, -0.2) is 58.3 Å². The molecule has 1 atom stereocenters. The first-order chi connectivity index (χ1) is 9.02. The van der Waals surface area contributed by atoms with Gasteiger partial charge in [-0.25, -0.2) is 0 Å². The molecule has 0 aliphatic heterocycles. The number of H-pyrrole nitrogens is 1. The molecule has 0 fully saturated rings. The van der Waals surface area contributed by atoms with Crippen LogP contribution in [0.25, 0.3) is 11.0 Å². The highest BCUT2D eigenvalue weighted by Crippen LogP contribution is 2.24. The Hall–Kier alpha value is -1.89. The van der Waals surface area contributed by atoms with Crippen LogP contribution in [0.3, 0.4) is 0 Å². The molecule has 0 bridgehead atoms. The summed E-state index contributed by atoms with van der Waals surface area (Å²) in [6.07, 6.45) is 1.75. The van der Waals surface area contributed by atoms with Crippen molar-refractivity contribution >= 4 is 22.8 Å². The Morgan fingerprint density at radius 2 is 2.11 bits per heavy atom. The molecule has 2 heterocycles. The fourth-order valence-corrected chi connectivity index (χ4v) is 2.35. The van der Waals surface area contributed by atoms with Gasteiger partial charge < -0.3 is 15.5 Å². The molecule has 0 aromatic carbocycles. The van der Waals surface area contributed by atoms with E-state index in [9.17, 15) is 0 Å². The van der Waals surface area contributed by atoms with Crippen LogP contribution >= 0.6 is 0 Å². The fraction of sp³-hybridized carbons (Fsp3) is 0.583. The second-order valence-corrected chi connectivity index (χ2v) is 4.93. The number of rotatable bonds is 5. The summed E-state index contributed by atoms with van der Waals surface area (Å²) in [5.74, 6) is 1.11. The third-order valence-electron chi connectivity index (χ3n) is 3.08. The molecule has 7 nitrogen and oxygen atoms in total. The number of nitrogens with two attached hydrogens (primary N) is 1. The maximum absolute atomic E-state index is 5.77. The predicted octanol–water partition coefficient (Wildman–Crippen LogP) is 0.711. The van der Waals surface area contributed by atoms with Gasteiger partial charge in [0.15, 0.2) is 5.65 Å². The second-order valence-electron chi connectivity index (χ2n) is 4.93. The van der Waals surface area contributed by atoms with Gasteiger partial charge in [-0.1, -0.05) is 0 Å². The zero-order valence-corrected chi connectivity index (χ0v) is 11.9. The molecule has 1 unspecified atom stereocenters. The third-order valence-corrected chi connectivity index (χ3v) is 3.08. The number of fused-ring (bicyclic) bond motifs is 1. The van der Waals surface area contributed by atoms with Crippen molar-refractivity contribution in [2.24, 2.45) is 0 Å². The van der Waals surface area contributed by atoms with Gasteiger partial charge in [0.25, 0.3) is 0 Å². The Bertz CT molecular complexity index is 548. The number of nitrogens with zero attached hydrogens (tertiary/aromatic N) is 5. The van der Waals surface area contributed by atoms with Crippen LogP contribution in [0.1, 0.15) is 13.8 Å². The Balaban J connectivity index is 2.42. The van der Waals surface area contributed by atoms with Crippen molar-refractivity contribution in [3.8, 4) is 0 Å². The van der Waals surface area contributed by atoms with E-state index in [0.717, 1.165) is 24.3 Å². The number of hydrogen-bond acceptors (Lipinski definition) is 6. The lowest BCUT2D eigenvalue weighted by molar-refractivity contribution is 0.372. The van der Waals surface area contributed by atoms with Crippen molar-refractivity contribution in [2.75, 3.05) is 37.8 Å². The average molecular weight is 263 g/mol. The first-order valence-electron chi connectivity index (χ1n) is 6.40. The van der Waals surface area contributed by atoms with Gasteiger partial charge in [0.05, 0.1) is 11.6 Å². The maximum Gasteiger partial charge on any atom is 0.224 e. The van der Waals surface area contributed by atoms with Crippen molar-refractivity contribution in [1.29, 1.82) is 0 Å². The summed E-state index contributed by atoms with van der Waals surface area (Å²) in [6, 6.07) is 0.326. The van der Waals surface area contributed by atoms with E-state index in [1.54, 1.807) is 6.20 Å². The van der Waals surface area contributed by atoms with Crippen LogP contribution in [-0.2, 0) is 0 Å². The summed E-state index contributed by atoms with van der Waals surface area (Å²) in [6.45, 7) is 6.08. The van der Waals surface area contributed by atoms with Crippen LogP contribution in [0.2, 0.25) is 0 Å². The summed E-state index contributed by atoms with van der Waals surface area (Å²) in [5.41, 5.74) is 6.45. The topological polar surface area (TPSA) is 87.0 Å². The Morgan fingerprint density at radius 1 is 1.37 bits per heavy atom. The van der Waals surface area contributed by atoms with Crippen LogP contribution < -0.4 is 10.6 Å². The quantitative estimate of drug-likeness (QED) is 0.826. The van der Waals surface area contributed by atoms with Gasteiger partial charge in [-0.2, -0.15) is 15.1 Å². The van der Waals surface area contributed by atoms with Crippen molar-refractivity contribution < 1.29 is 0 Å². The molecule has 2 aromatic rings. The van der Waals surface area contributed by atoms with Gasteiger partial charge in [0.2, 0.25) is 5.95 Å². The number of likely N-dealkylation sites (N-methyl/N-ethyl adjacent to an activating group) is 2. The molecule has 0 aliphatic carbocycles. The van der Waals surface area contributed by atoms with Crippen molar-refractivity contribution in [3.05, 3.63) is 6.20 Å². The number of anilines is 2. The molecule has 2 rings (SSSR count). The molecule has 104 valence electrons. The monoisotopic (exact) mass is 263 g/mol. The van der Waals surface area contributed by atoms with E-state index >= 15 is 0 Å². The number of aromatic amines is 1. The van der Waals surface area contributed by atoms with E-state index in [-0.39, 0.29) is 5.95 Å². The minimum absolute atomic E-state index is 0.266. The molecule has 19 heavy (non-hydrogen) atoms. The van der Waals surface area contributed by atoms with Crippen molar-refractivity contribution in [2.45, 2.75) is 19.9 Å². The van der Waals surface area contributed by atoms with Gasteiger partial charge >= 0.3 is 0 Å². The summed E-state index contributed by atoms with van der Waals surface area (Å²) in [5, 5.41) is 7.77. The zero-order chi connectivity index (χ0) is 14.0. The third kappa shape index (κ3) is 2.76. The smallest absolute Gasteiger partial charge is 0.224 e. The highest BCUT2D eigenvalue weighted by atomic mass is 15.3. The van der Waals surface area contributed by atoms with Crippen LogP contribution in [0.4, 0.5) is 11.8 Å². The highest BCUT2D eigenvalue weighted by molar-refractivity contribution is 5.87. The SMILES string of the molecule is CCN(c1nc(N)nc2[nH]ncc12)C(C)CN(C)C. The van der Waals surface area contributed by atoms with Crippen molar-refractivity contribution in [3.63, 3.8) is 0 Å². The maximum atomic E-state index is 5.77. The summed E-state index contributed by atoms with van der Waals surface area (Å²) < 4.78 is 0. The van der Waals surface area contributed by atoms with Gasteiger partial charge in [-0.15, -0.1) is 0 Å². The largest absolute Gasteiger partial charge is 0.368 e. The van der Waals surface area contributed by atoms with Crippen molar-refractivity contribution in [1.82, 2.24) is 25.1 Å².